The fourth-order valence-corrected chi connectivity index (χ4v) is 1.49. The summed E-state index contributed by atoms with van der Waals surface area (Å²) in [6.07, 6.45) is 4.72. The minimum absolute atomic E-state index is 0.192. The summed E-state index contributed by atoms with van der Waals surface area (Å²) >= 11 is 0. The first-order chi connectivity index (χ1) is 8.26. The molecule has 1 aromatic heterocycles. The van der Waals surface area contributed by atoms with Gasteiger partial charge in [-0.1, -0.05) is 19.9 Å². The smallest absolute Gasteiger partial charge is 0.141 e. The number of nitrogens with zero attached hydrogens (tertiary/aromatic N) is 1. The Morgan fingerprint density at radius 1 is 1.29 bits per heavy atom. The van der Waals surface area contributed by atoms with Gasteiger partial charge in [0.15, 0.2) is 0 Å². The molecule has 0 saturated heterocycles. The van der Waals surface area contributed by atoms with Crippen LogP contribution in [0.15, 0.2) is 18.3 Å². The standard InChI is InChI=1S/C14H21NO2/c1-3-8-17-9-7-14(16)10-13-6-5-12(4-2)11-15-13/h5-6,11H,3-4,7-10H2,1-2H3. The van der Waals surface area contributed by atoms with Crippen molar-refractivity contribution in [2.45, 2.75) is 39.5 Å². The summed E-state index contributed by atoms with van der Waals surface area (Å²) in [5.74, 6) is 0.192. The molecule has 1 rings (SSSR count). The molecule has 0 bridgehead atoms. The first kappa shape index (κ1) is 13.8. The highest BCUT2D eigenvalue weighted by Crippen LogP contribution is 2.03. The summed E-state index contributed by atoms with van der Waals surface area (Å²) in [4.78, 5) is 15.9. The summed E-state index contributed by atoms with van der Waals surface area (Å²) in [7, 11) is 0. The Morgan fingerprint density at radius 3 is 2.71 bits per heavy atom. The van der Waals surface area contributed by atoms with Crippen LogP contribution in [-0.2, 0) is 22.4 Å². The molecule has 0 aromatic carbocycles. The van der Waals surface area contributed by atoms with E-state index >= 15 is 0 Å². The fraction of sp³-hybridized carbons (Fsp3) is 0.571. The topological polar surface area (TPSA) is 39.2 Å². The van der Waals surface area contributed by atoms with Crippen molar-refractivity contribution in [3.8, 4) is 0 Å². The largest absolute Gasteiger partial charge is 0.381 e. The molecule has 0 amide bonds. The van der Waals surface area contributed by atoms with E-state index in [1.807, 2.05) is 18.3 Å². The molecule has 0 aliphatic carbocycles. The lowest BCUT2D eigenvalue weighted by Gasteiger charge is -2.03. The van der Waals surface area contributed by atoms with E-state index in [-0.39, 0.29) is 5.78 Å². The monoisotopic (exact) mass is 235 g/mol. The van der Waals surface area contributed by atoms with E-state index in [2.05, 4.69) is 18.8 Å². The van der Waals surface area contributed by atoms with E-state index in [0.717, 1.165) is 25.1 Å². The number of hydrogen-bond acceptors (Lipinski definition) is 3. The van der Waals surface area contributed by atoms with E-state index in [4.69, 9.17) is 4.74 Å². The highest BCUT2D eigenvalue weighted by Gasteiger charge is 2.04. The number of rotatable bonds is 8. The van der Waals surface area contributed by atoms with Crippen molar-refractivity contribution in [1.82, 2.24) is 4.98 Å². The fourth-order valence-electron chi connectivity index (χ4n) is 1.49. The number of ether oxygens (including phenoxy) is 1. The number of ketones is 1. The summed E-state index contributed by atoms with van der Waals surface area (Å²) in [5, 5.41) is 0. The Hall–Kier alpha value is -1.22. The maximum atomic E-state index is 11.6. The number of carbonyl (C=O) groups is 1. The third-order valence-electron chi connectivity index (χ3n) is 2.55. The zero-order chi connectivity index (χ0) is 12.5. The average molecular weight is 235 g/mol. The Bertz CT molecular complexity index is 333. The van der Waals surface area contributed by atoms with Gasteiger partial charge in [0.2, 0.25) is 0 Å². The molecular weight excluding hydrogens is 214 g/mol. The van der Waals surface area contributed by atoms with Crippen molar-refractivity contribution in [1.29, 1.82) is 0 Å². The van der Waals surface area contributed by atoms with Crippen LogP contribution in [0.25, 0.3) is 0 Å². The van der Waals surface area contributed by atoms with Crippen LogP contribution in [0.3, 0.4) is 0 Å². The predicted molar refractivity (Wildman–Crippen MR) is 68.1 cm³/mol. The molecule has 0 aliphatic heterocycles. The van der Waals surface area contributed by atoms with Gasteiger partial charge in [0.25, 0.3) is 0 Å². The quantitative estimate of drug-likeness (QED) is 0.650. The highest BCUT2D eigenvalue weighted by molar-refractivity contribution is 5.80. The SMILES string of the molecule is CCCOCCC(=O)Cc1ccc(CC)cn1. The summed E-state index contributed by atoms with van der Waals surface area (Å²) in [5.41, 5.74) is 2.05. The summed E-state index contributed by atoms with van der Waals surface area (Å²) < 4.78 is 5.29. The third-order valence-corrected chi connectivity index (χ3v) is 2.55. The second-order valence-electron chi connectivity index (χ2n) is 4.09. The Kier molecular flexibility index (Phi) is 6.48. The lowest BCUT2D eigenvalue weighted by Crippen LogP contribution is -2.08. The van der Waals surface area contributed by atoms with Gasteiger partial charge in [-0.15, -0.1) is 0 Å². The molecule has 3 heteroatoms. The molecule has 0 aliphatic rings. The number of aryl methyl sites for hydroxylation is 1. The molecule has 1 heterocycles. The number of hydrogen-bond donors (Lipinski definition) is 0. The van der Waals surface area contributed by atoms with Crippen molar-refractivity contribution in [2.75, 3.05) is 13.2 Å². The summed E-state index contributed by atoms with van der Waals surface area (Å²) in [6, 6.07) is 3.97. The molecule has 0 N–H and O–H groups in total. The molecule has 0 spiro atoms. The van der Waals surface area contributed by atoms with E-state index in [0.29, 0.717) is 19.4 Å². The Balaban J connectivity index is 2.29. The minimum atomic E-state index is 0.192. The predicted octanol–water partition coefficient (Wildman–Crippen LogP) is 2.57. The van der Waals surface area contributed by atoms with Gasteiger partial charge in [-0.25, -0.2) is 0 Å². The highest BCUT2D eigenvalue weighted by atomic mass is 16.5. The second kappa shape index (κ2) is 7.96. The van der Waals surface area contributed by atoms with Gasteiger partial charge in [0.05, 0.1) is 6.61 Å². The number of carbonyl (C=O) groups excluding carboxylic acids is 1. The van der Waals surface area contributed by atoms with Crippen molar-refractivity contribution in [2.24, 2.45) is 0 Å². The van der Waals surface area contributed by atoms with E-state index in [1.165, 1.54) is 5.56 Å². The lowest BCUT2D eigenvalue weighted by atomic mass is 10.1. The van der Waals surface area contributed by atoms with Crippen LogP contribution in [-0.4, -0.2) is 24.0 Å². The van der Waals surface area contributed by atoms with Crippen molar-refractivity contribution >= 4 is 5.78 Å². The Morgan fingerprint density at radius 2 is 2.12 bits per heavy atom. The minimum Gasteiger partial charge on any atom is -0.381 e. The molecule has 1 aromatic rings. The van der Waals surface area contributed by atoms with Crippen LogP contribution in [0, 0.1) is 0 Å². The maximum Gasteiger partial charge on any atom is 0.141 e. The van der Waals surface area contributed by atoms with Crippen LogP contribution in [0.4, 0.5) is 0 Å². The van der Waals surface area contributed by atoms with Gasteiger partial charge in [-0.3, -0.25) is 9.78 Å². The first-order valence-electron chi connectivity index (χ1n) is 6.29. The van der Waals surface area contributed by atoms with Crippen LogP contribution in [0.5, 0.6) is 0 Å². The number of Topliss-reactive ketones (excluding diaryl/α,β-unsaturated/α-hetero) is 1. The van der Waals surface area contributed by atoms with Gasteiger partial charge >= 0.3 is 0 Å². The summed E-state index contributed by atoms with van der Waals surface area (Å²) in [6.45, 7) is 5.41. The van der Waals surface area contributed by atoms with Crippen molar-refractivity contribution < 1.29 is 9.53 Å². The molecule has 0 radical (unpaired) electrons. The van der Waals surface area contributed by atoms with Gasteiger partial charge in [0.1, 0.15) is 5.78 Å². The van der Waals surface area contributed by atoms with E-state index in [9.17, 15) is 4.79 Å². The number of pyridine rings is 1. The molecule has 0 saturated carbocycles. The lowest BCUT2D eigenvalue weighted by molar-refractivity contribution is -0.119. The molecule has 0 atom stereocenters. The normalized spacial score (nSPS) is 10.5. The van der Waals surface area contributed by atoms with Crippen molar-refractivity contribution in [3.63, 3.8) is 0 Å². The molecule has 3 nitrogen and oxygen atoms in total. The van der Waals surface area contributed by atoms with Gasteiger partial charge in [-0.2, -0.15) is 0 Å². The van der Waals surface area contributed by atoms with Crippen LogP contribution >= 0.6 is 0 Å². The molecule has 0 fully saturated rings. The van der Waals surface area contributed by atoms with Crippen LogP contribution < -0.4 is 0 Å². The van der Waals surface area contributed by atoms with Crippen LogP contribution in [0.2, 0.25) is 0 Å². The van der Waals surface area contributed by atoms with Crippen molar-refractivity contribution in [3.05, 3.63) is 29.6 Å². The van der Waals surface area contributed by atoms with Gasteiger partial charge in [-0.05, 0) is 24.5 Å². The average Bonchev–Trinajstić information content (AvgIpc) is 2.36. The van der Waals surface area contributed by atoms with E-state index in [1.54, 1.807) is 0 Å². The molecule has 94 valence electrons. The molecule has 0 unspecified atom stereocenters. The van der Waals surface area contributed by atoms with Gasteiger partial charge in [0, 0.05) is 31.3 Å². The molecular formula is C14H21NO2. The zero-order valence-electron chi connectivity index (χ0n) is 10.7. The molecule has 17 heavy (non-hydrogen) atoms. The number of aromatic nitrogens is 1. The van der Waals surface area contributed by atoms with E-state index < -0.39 is 0 Å². The third kappa shape index (κ3) is 5.59. The second-order valence-corrected chi connectivity index (χ2v) is 4.09. The first-order valence-corrected chi connectivity index (χ1v) is 6.29. The Labute approximate surface area is 103 Å². The van der Waals surface area contributed by atoms with Gasteiger partial charge < -0.3 is 4.74 Å². The van der Waals surface area contributed by atoms with Crippen LogP contribution in [0.1, 0.15) is 37.9 Å². The zero-order valence-corrected chi connectivity index (χ0v) is 10.7. The maximum absolute atomic E-state index is 11.6.